The number of fused-ring (bicyclic) bond motifs is 9. The molecule has 47 heavy (non-hydrogen) atoms. The first-order chi connectivity index (χ1) is 22.6. The van der Waals surface area contributed by atoms with Crippen LogP contribution in [0.2, 0.25) is 0 Å². The van der Waals surface area contributed by atoms with Crippen molar-refractivity contribution in [3.05, 3.63) is 105 Å². The van der Waals surface area contributed by atoms with Gasteiger partial charge in [-0.1, -0.05) is 47.7 Å². The van der Waals surface area contributed by atoms with Crippen LogP contribution >= 0.6 is 23.1 Å². The number of rotatable bonds is 6. The number of carbonyl (C=O) groups excluding carboxylic acids is 3. The van der Waals surface area contributed by atoms with E-state index in [0.29, 0.717) is 11.4 Å². The predicted octanol–water partition coefficient (Wildman–Crippen LogP) is 6.15. The molecule has 2 N–H and O–H groups in total. The number of amides is 3. The number of hydrogen-bond donors (Lipinski definition) is 2. The Bertz CT molecular complexity index is 1960. The Balaban J connectivity index is 1.02. The summed E-state index contributed by atoms with van der Waals surface area (Å²) in [5.74, 6) is -1.48. The third-order valence-electron chi connectivity index (χ3n) is 9.82. The van der Waals surface area contributed by atoms with E-state index in [0.717, 1.165) is 34.0 Å². The molecule has 2 aliphatic carbocycles. The summed E-state index contributed by atoms with van der Waals surface area (Å²) in [7, 11) is 0. The lowest BCUT2D eigenvalue weighted by atomic mass is 9.68. The van der Waals surface area contributed by atoms with Gasteiger partial charge >= 0.3 is 11.0 Å². The van der Waals surface area contributed by atoms with Crippen molar-refractivity contribution in [2.24, 2.45) is 29.6 Å². The lowest BCUT2D eigenvalue weighted by Gasteiger charge is -2.43. The Kier molecular flexibility index (Phi) is 7.10. The van der Waals surface area contributed by atoms with Gasteiger partial charge in [-0.05, 0) is 72.2 Å². The zero-order valence-electron chi connectivity index (χ0n) is 24.4. The minimum Gasteiger partial charge on any atom is -0.484 e. The number of H-pyrrole nitrogens is 1. The molecule has 13 heteroatoms. The predicted molar refractivity (Wildman–Crippen MR) is 169 cm³/mol. The van der Waals surface area contributed by atoms with E-state index in [9.17, 15) is 32.3 Å². The molecule has 0 spiro atoms. The van der Waals surface area contributed by atoms with Crippen molar-refractivity contribution in [2.45, 2.75) is 28.8 Å². The lowest BCUT2D eigenvalue weighted by Crippen LogP contribution is -2.42. The maximum absolute atomic E-state index is 13.8. The summed E-state index contributed by atoms with van der Waals surface area (Å²) in [5, 5.41) is 3.28. The van der Waals surface area contributed by atoms with Crippen LogP contribution in [-0.4, -0.2) is 34.6 Å². The summed E-state index contributed by atoms with van der Waals surface area (Å²) < 4.78 is 44.7. The van der Waals surface area contributed by atoms with Crippen LogP contribution in [0.3, 0.4) is 0 Å². The minimum absolute atomic E-state index is 0.00200. The highest BCUT2D eigenvalue weighted by atomic mass is 32.2. The van der Waals surface area contributed by atoms with Crippen LogP contribution in [0.4, 0.5) is 24.5 Å². The van der Waals surface area contributed by atoms with Crippen LogP contribution in [-0.2, 0) is 20.6 Å². The molecule has 2 saturated carbocycles. The van der Waals surface area contributed by atoms with Crippen molar-refractivity contribution in [1.82, 2.24) is 4.98 Å². The van der Waals surface area contributed by atoms with Gasteiger partial charge in [0.1, 0.15) is 5.75 Å². The topological polar surface area (TPSA) is 109 Å². The Labute approximate surface area is 274 Å². The first-order valence-electron chi connectivity index (χ1n) is 15.1. The quantitative estimate of drug-likeness (QED) is 0.237. The number of halogens is 3. The summed E-state index contributed by atoms with van der Waals surface area (Å²) >= 11 is 2.78. The van der Waals surface area contributed by atoms with E-state index in [1.807, 2.05) is 30.3 Å². The molecule has 3 aromatic carbocycles. The number of aromatic amines is 1. The zero-order valence-corrected chi connectivity index (χ0v) is 26.0. The maximum Gasteiger partial charge on any atom is 0.416 e. The highest BCUT2D eigenvalue weighted by molar-refractivity contribution is 8.00. The fourth-order valence-corrected chi connectivity index (χ4v) is 11.0. The number of hydrogen-bond acceptors (Lipinski definition) is 7. The number of imide groups is 1. The van der Waals surface area contributed by atoms with Gasteiger partial charge in [0.15, 0.2) is 6.61 Å². The lowest BCUT2D eigenvalue weighted by molar-refractivity contribution is -0.137. The molecular formula is C34H26F3N3O5S2. The third kappa shape index (κ3) is 4.98. The molecule has 1 saturated heterocycles. The van der Waals surface area contributed by atoms with Gasteiger partial charge in [0.2, 0.25) is 11.8 Å². The number of ether oxygens (including phenoxy) is 1. The molecular weight excluding hydrogens is 652 g/mol. The average Bonchev–Trinajstić information content (AvgIpc) is 3.79. The van der Waals surface area contributed by atoms with E-state index in [1.54, 1.807) is 36.0 Å². The fourth-order valence-electron chi connectivity index (χ4n) is 8.11. The molecule has 1 aromatic heterocycles. The van der Waals surface area contributed by atoms with Crippen molar-refractivity contribution in [3.8, 4) is 5.75 Å². The van der Waals surface area contributed by atoms with Crippen molar-refractivity contribution >= 4 is 52.2 Å². The normalized spacial score (nSPS) is 27.4. The third-order valence-corrected chi connectivity index (χ3v) is 12.4. The van der Waals surface area contributed by atoms with Gasteiger partial charge in [-0.25, -0.2) is 0 Å². The first kappa shape index (κ1) is 30.0. The Hall–Kier alpha value is -4.36. The standard InChI is InChI=1S/C34H26F3N3O5S2/c35-34(36,37)17-5-4-6-18(13-17)38-23(41)15-45-20-11-9-16(10-12-20)24-25-21-14-22(28(25)46-30-29(24)47-33(44)39-30)27-26(21)31(42)40(32(27)43)19-7-2-1-3-8-19/h1-13,21-22,24-28H,14-15H2,(H,38,41)(H,39,44)/t21?,22?,24-,25?,26?,27?,28?/m1/s1. The second-order valence-corrected chi connectivity index (χ2v) is 14.5. The number of anilines is 2. The van der Waals surface area contributed by atoms with Crippen molar-refractivity contribution in [3.63, 3.8) is 0 Å². The van der Waals surface area contributed by atoms with Crippen LogP contribution in [0, 0.1) is 29.6 Å². The summed E-state index contributed by atoms with van der Waals surface area (Å²) in [5.41, 5.74) is 0.663. The van der Waals surface area contributed by atoms with Gasteiger partial charge in [0.05, 0.1) is 28.1 Å². The van der Waals surface area contributed by atoms with E-state index in [-0.39, 0.29) is 57.2 Å². The molecule has 4 aromatic rings. The van der Waals surface area contributed by atoms with E-state index >= 15 is 0 Å². The number of nitrogens with zero attached hydrogens (tertiary/aromatic N) is 1. The number of carbonyl (C=O) groups is 3. The molecule has 240 valence electrons. The average molecular weight is 678 g/mol. The number of aromatic nitrogens is 1. The monoisotopic (exact) mass is 677 g/mol. The molecule has 3 fully saturated rings. The number of alkyl halides is 3. The zero-order chi connectivity index (χ0) is 32.6. The smallest absolute Gasteiger partial charge is 0.416 e. The highest BCUT2D eigenvalue weighted by Gasteiger charge is 2.69. The molecule has 3 amide bonds. The van der Waals surface area contributed by atoms with E-state index in [2.05, 4.69) is 10.3 Å². The van der Waals surface area contributed by atoms with Crippen molar-refractivity contribution < 1.29 is 32.3 Å². The second-order valence-electron chi connectivity index (χ2n) is 12.3. The number of benzene rings is 3. The maximum atomic E-state index is 13.8. The van der Waals surface area contributed by atoms with Gasteiger partial charge in [-0.15, -0.1) is 11.8 Å². The molecule has 0 radical (unpaired) electrons. The molecule has 4 aliphatic rings. The van der Waals surface area contributed by atoms with Gasteiger partial charge in [-0.2, -0.15) is 13.2 Å². The molecule has 3 heterocycles. The van der Waals surface area contributed by atoms with E-state index in [1.165, 1.54) is 28.4 Å². The Morgan fingerprint density at radius 2 is 1.66 bits per heavy atom. The second kappa shape index (κ2) is 11.1. The largest absolute Gasteiger partial charge is 0.484 e. The van der Waals surface area contributed by atoms with Crippen molar-refractivity contribution in [1.29, 1.82) is 0 Å². The molecule has 8 nitrogen and oxygen atoms in total. The molecule has 6 unspecified atom stereocenters. The summed E-state index contributed by atoms with van der Waals surface area (Å²) in [6.07, 6.45) is -3.75. The van der Waals surface area contributed by atoms with Gasteiger partial charge in [-0.3, -0.25) is 24.1 Å². The van der Waals surface area contributed by atoms with Crippen LogP contribution in [0.5, 0.6) is 5.75 Å². The number of thioether (sulfide) groups is 1. The van der Waals surface area contributed by atoms with Crippen LogP contribution in [0.1, 0.15) is 28.3 Å². The number of nitrogens with one attached hydrogen (secondary N) is 2. The van der Waals surface area contributed by atoms with Crippen LogP contribution in [0.15, 0.2) is 88.7 Å². The van der Waals surface area contributed by atoms with Gasteiger partial charge < -0.3 is 15.0 Å². The van der Waals surface area contributed by atoms with Crippen LogP contribution in [0.25, 0.3) is 0 Å². The summed E-state index contributed by atoms with van der Waals surface area (Å²) in [6.45, 7) is -0.412. The highest BCUT2D eigenvalue weighted by Crippen LogP contribution is 2.68. The van der Waals surface area contributed by atoms with Gasteiger partial charge in [0.25, 0.3) is 5.91 Å². The Morgan fingerprint density at radius 1 is 0.936 bits per heavy atom. The fraction of sp³-hybridized carbons (Fsp3) is 0.294. The first-order valence-corrected chi connectivity index (χ1v) is 16.8. The number of thiazole rings is 1. The minimum atomic E-state index is -4.53. The van der Waals surface area contributed by atoms with Gasteiger partial charge in [0, 0.05) is 21.7 Å². The van der Waals surface area contributed by atoms with E-state index < -0.39 is 30.2 Å². The van der Waals surface area contributed by atoms with Crippen LogP contribution < -0.4 is 19.8 Å². The Morgan fingerprint density at radius 3 is 2.38 bits per heavy atom. The summed E-state index contributed by atoms with van der Waals surface area (Å²) in [6, 6.07) is 20.6. The van der Waals surface area contributed by atoms with Crippen molar-refractivity contribution in [2.75, 3.05) is 16.8 Å². The molecule has 7 atom stereocenters. The summed E-state index contributed by atoms with van der Waals surface area (Å²) in [4.78, 5) is 57.7. The van der Waals surface area contributed by atoms with E-state index in [4.69, 9.17) is 4.74 Å². The number of para-hydroxylation sites is 1. The SMILES string of the molecule is O=C(COc1ccc([C@H]2c3sc(=O)[nH]c3SC3C4CC(C5C(=O)N(c6ccccc6)C(=O)C45)C32)cc1)Nc1cccc(C(F)(F)F)c1. The molecule has 2 aliphatic heterocycles. The molecule has 2 bridgehead atoms. The molecule has 8 rings (SSSR count).